The highest BCUT2D eigenvalue weighted by Gasteiger charge is 2.27. The zero-order chi connectivity index (χ0) is 10.7. The fourth-order valence-corrected chi connectivity index (χ4v) is 2.01. The Morgan fingerprint density at radius 2 is 2.07 bits per heavy atom. The maximum Gasteiger partial charge on any atom is 0.233 e. The Balaban J connectivity index is 2.40. The highest BCUT2D eigenvalue weighted by Crippen LogP contribution is 2.25. The number of carbonyl (C=O) groups excluding carboxylic acids is 1. The molecule has 1 saturated carbocycles. The Morgan fingerprint density at radius 3 is 2.50 bits per heavy atom. The SMILES string of the molecule is CC(C)C(S)C(=O)NC1CCCC1C. The van der Waals surface area contributed by atoms with Crippen molar-refractivity contribution >= 4 is 18.5 Å². The van der Waals surface area contributed by atoms with Crippen molar-refractivity contribution in [3.05, 3.63) is 0 Å². The Hall–Kier alpha value is -0.180. The lowest BCUT2D eigenvalue weighted by molar-refractivity contribution is -0.122. The minimum atomic E-state index is -0.164. The molecule has 0 aliphatic heterocycles. The van der Waals surface area contributed by atoms with E-state index < -0.39 is 0 Å². The molecule has 0 aromatic rings. The molecule has 1 amide bonds. The van der Waals surface area contributed by atoms with Gasteiger partial charge in [0.05, 0.1) is 5.25 Å². The largest absolute Gasteiger partial charge is 0.352 e. The molecule has 0 bridgehead atoms. The number of thiol groups is 1. The highest BCUT2D eigenvalue weighted by atomic mass is 32.1. The summed E-state index contributed by atoms with van der Waals surface area (Å²) in [6, 6.07) is 0.385. The van der Waals surface area contributed by atoms with Crippen molar-refractivity contribution in [2.75, 3.05) is 0 Å². The van der Waals surface area contributed by atoms with Crippen molar-refractivity contribution < 1.29 is 4.79 Å². The number of carbonyl (C=O) groups is 1. The molecule has 1 fully saturated rings. The average molecular weight is 215 g/mol. The molecule has 1 rings (SSSR count). The molecule has 1 aliphatic carbocycles. The summed E-state index contributed by atoms with van der Waals surface area (Å²) in [6.07, 6.45) is 3.61. The Labute approximate surface area is 92.2 Å². The lowest BCUT2D eigenvalue weighted by Crippen LogP contribution is -2.42. The Kier molecular flexibility index (Phi) is 4.30. The summed E-state index contributed by atoms with van der Waals surface area (Å²) in [4.78, 5) is 11.7. The molecular formula is C11H21NOS. The van der Waals surface area contributed by atoms with Crippen molar-refractivity contribution in [1.82, 2.24) is 5.32 Å². The van der Waals surface area contributed by atoms with E-state index >= 15 is 0 Å². The van der Waals surface area contributed by atoms with Gasteiger partial charge in [-0.3, -0.25) is 4.79 Å². The van der Waals surface area contributed by atoms with Gasteiger partial charge in [0, 0.05) is 6.04 Å². The average Bonchev–Trinajstić information content (AvgIpc) is 2.50. The summed E-state index contributed by atoms with van der Waals surface area (Å²) in [5.41, 5.74) is 0. The van der Waals surface area contributed by atoms with Gasteiger partial charge in [0.25, 0.3) is 0 Å². The minimum Gasteiger partial charge on any atom is -0.352 e. The predicted molar refractivity (Wildman–Crippen MR) is 62.6 cm³/mol. The van der Waals surface area contributed by atoms with Crippen molar-refractivity contribution in [1.29, 1.82) is 0 Å². The van der Waals surface area contributed by atoms with Crippen LogP contribution in [0.1, 0.15) is 40.0 Å². The molecule has 0 heterocycles. The second-order valence-electron chi connectivity index (χ2n) is 4.71. The maximum atomic E-state index is 11.7. The van der Waals surface area contributed by atoms with E-state index in [1.807, 2.05) is 13.8 Å². The molecule has 0 aromatic carbocycles. The topological polar surface area (TPSA) is 29.1 Å². The first-order chi connectivity index (χ1) is 6.52. The lowest BCUT2D eigenvalue weighted by atomic mass is 10.0. The molecular weight excluding hydrogens is 194 g/mol. The van der Waals surface area contributed by atoms with Gasteiger partial charge >= 0.3 is 0 Å². The standard InChI is InChI=1S/C11H21NOS/c1-7(2)10(14)11(13)12-9-6-4-5-8(9)3/h7-10,14H,4-6H2,1-3H3,(H,12,13). The second kappa shape index (κ2) is 5.06. The van der Waals surface area contributed by atoms with Crippen LogP contribution in [-0.2, 0) is 4.79 Å². The van der Waals surface area contributed by atoms with E-state index in [1.165, 1.54) is 12.8 Å². The molecule has 3 atom stereocenters. The fraction of sp³-hybridized carbons (Fsp3) is 0.909. The molecule has 3 heteroatoms. The van der Waals surface area contributed by atoms with Crippen molar-refractivity contribution in [2.45, 2.75) is 51.3 Å². The van der Waals surface area contributed by atoms with Gasteiger partial charge in [0.15, 0.2) is 0 Å². The monoisotopic (exact) mass is 215 g/mol. The van der Waals surface area contributed by atoms with Gasteiger partial charge in [0.1, 0.15) is 0 Å². The van der Waals surface area contributed by atoms with Gasteiger partial charge in [-0.15, -0.1) is 0 Å². The molecule has 0 spiro atoms. The highest BCUT2D eigenvalue weighted by molar-refractivity contribution is 7.81. The summed E-state index contributed by atoms with van der Waals surface area (Å²) >= 11 is 4.31. The first kappa shape index (κ1) is 11.9. The smallest absolute Gasteiger partial charge is 0.233 e. The summed E-state index contributed by atoms with van der Waals surface area (Å²) < 4.78 is 0. The summed E-state index contributed by atoms with van der Waals surface area (Å²) in [6.45, 7) is 6.26. The van der Waals surface area contributed by atoms with Crippen molar-refractivity contribution in [2.24, 2.45) is 11.8 Å². The number of amides is 1. The fourth-order valence-electron chi connectivity index (χ4n) is 1.93. The van der Waals surface area contributed by atoms with Gasteiger partial charge in [0.2, 0.25) is 5.91 Å². The molecule has 14 heavy (non-hydrogen) atoms. The molecule has 2 nitrogen and oxygen atoms in total. The van der Waals surface area contributed by atoms with Gasteiger partial charge in [-0.2, -0.15) is 12.6 Å². The van der Waals surface area contributed by atoms with Crippen LogP contribution in [0.5, 0.6) is 0 Å². The molecule has 0 aromatic heterocycles. The molecule has 1 aliphatic rings. The van der Waals surface area contributed by atoms with E-state index in [2.05, 4.69) is 24.9 Å². The third kappa shape index (κ3) is 2.91. The molecule has 3 unspecified atom stereocenters. The van der Waals surface area contributed by atoms with E-state index in [0.717, 1.165) is 6.42 Å². The quantitative estimate of drug-likeness (QED) is 0.695. The van der Waals surface area contributed by atoms with Crippen LogP contribution < -0.4 is 5.32 Å². The predicted octanol–water partition coefficient (Wildman–Crippen LogP) is 2.25. The van der Waals surface area contributed by atoms with E-state index in [-0.39, 0.29) is 11.2 Å². The van der Waals surface area contributed by atoms with Crippen LogP contribution in [0.25, 0.3) is 0 Å². The van der Waals surface area contributed by atoms with E-state index in [4.69, 9.17) is 0 Å². The lowest BCUT2D eigenvalue weighted by Gasteiger charge is -2.21. The first-order valence-corrected chi connectivity index (χ1v) is 6.02. The molecule has 1 N–H and O–H groups in total. The summed E-state index contributed by atoms with van der Waals surface area (Å²) in [7, 11) is 0. The maximum absolute atomic E-state index is 11.7. The first-order valence-electron chi connectivity index (χ1n) is 5.50. The zero-order valence-corrected chi connectivity index (χ0v) is 10.2. The van der Waals surface area contributed by atoms with Crippen LogP contribution in [0.2, 0.25) is 0 Å². The van der Waals surface area contributed by atoms with Crippen LogP contribution in [0, 0.1) is 11.8 Å². The van der Waals surface area contributed by atoms with Crippen molar-refractivity contribution in [3.63, 3.8) is 0 Å². The summed E-state index contributed by atoms with van der Waals surface area (Å²) in [5, 5.41) is 2.93. The van der Waals surface area contributed by atoms with Gasteiger partial charge in [-0.05, 0) is 24.7 Å². The number of hydrogen-bond donors (Lipinski definition) is 2. The van der Waals surface area contributed by atoms with E-state index in [0.29, 0.717) is 17.9 Å². The third-order valence-corrected chi connectivity index (χ3v) is 3.92. The van der Waals surface area contributed by atoms with Crippen LogP contribution in [0.4, 0.5) is 0 Å². The zero-order valence-electron chi connectivity index (χ0n) is 9.29. The Bertz CT molecular complexity index is 205. The van der Waals surface area contributed by atoms with E-state index in [1.54, 1.807) is 0 Å². The van der Waals surface area contributed by atoms with Gasteiger partial charge in [-0.1, -0.05) is 27.2 Å². The second-order valence-corrected chi connectivity index (χ2v) is 5.27. The molecule has 0 radical (unpaired) electrons. The number of rotatable bonds is 3. The normalized spacial score (nSPS) is 29.2. The third-order valence-electron chi connectivity index (χ3n) is 3.09. The van der Waals surface area contributed by atoms with Crippen LogP contribution in [0.3, 0.4) is 0 Å². The molecule has 82 valence electrons. The number of nitrogens with one attached hydrogen (secondary N) is 1. The minimum absolute atomic E-state index is 0.0992. The van der Waals surface area contributed by atoms with E-state index in [9.17, 15) is 4.79 Å². The molecule has 0 saturated heterocycles. The summed E-state index contributed by atoms with van der Waals surface area (Å²) in [5.74, 6) is 1.03. The van der Waals surface area contributed by atoms with Crippen LogP contribution in [-0.4, -0.2) is 17.2 Å². The van der Waals surface area contributed by atoms with Gasteiger partial charge in [-0.25, -0.2) is 0 Å². The number of hydrogen-bond acceptors (Lipinski definition) is 2. The van der Waals surface area contributed by atoms with Crippen LogP contribution >= 0.6 is 12.6 Å². The Morgan fingerprint density at radius 1 is 1.43 bits per heavy atom. The van der Waals surface area contributed by atoms with Gasteiger partial charge < -0.3 is 5.32 Å². The van der Waals surface area contributed by atoms with Crippen molar-refractivity contribution in [3.8, 4) is 0 Å². The van der Waals surface area contributed by atoms with Crippen LogP contribution in [0.15, 0.2) is 0 Å².